The minimum Gasteiger partial charge on any atom is -0.213 e. The van der Waals surface area contributed by atoms with Crippen molar-refractivity contribution in [3.63, 3.8) is 0 Å². The van der Waals surface area contributed by atoms with Crippen molar-refractivity contribution in [1.82, 2.24) is 9.44 Å². The predicted molar refractivity (Wildman–Crippen MR) is 78.4 cm³/mol. The van der Waals surface area contributed by atoms with Gasteiger partial charge in [0.2, 0.25) is 20.0 Å². The number of benzene rings is 1. The third-order valence-corrected chi connectivity index (χ3v) is 4.88. The van der Waals surface area contributed by atoms with Gasteiger partial charge in [-0.05, 0) is 38.5 Å². The Bertz CT molecular complexity index is 728. The lowest BCUT2D eigenvalue weighted by Gasteiger charge is -2.25. The lowest BCUT2D eigenvalue weighted by Crippen LogP contribution is -2.51. The molecular formula is C12H19FN2O4S2. The van der Waals surface area contributed by atoms with Crippen LogP contribution in [0.15, 0.2) is 23.1 Å². The topological polar surface area (TPSA) is 92.3 Å². The van der Waals surface area contributed by atoms with Crippen LogP contribution in [0.4, 0.5) is 4.39 Å². The lowest BCUT2D eigenvalue weighted by atomic mass is 10.1. The predicted octanol–water partition coefficient (Wildman–Crippen LogP) is 0.740. The van der Waals surface area contributed by atoms with Gasteiger partial charge in [0.05, 0.1) is 6.26 Å². The van der Waals surface area contributed by atoms with Gasteiger partial charge < -0.3 is 0 Å². The van der Waals surface area contributed by atoms with E-state index in [-0.39, 0.29) is 6.54 Å². The van der Waals surface area contributed by atoms with Crippen LogP contribution in [0.5, 0.6) is 0 Å². The molecule has 0 atom stereocenters. The van der Waals surface area contributed by atoms with Gasteiger partial charge >= 0.3 is 0 Å². The number of halogens is 1. The van der Waals surface area contributed by atoms with Gasteiger partial charge in [0.25, 0.3) is 0 Å². The normalized spacial score (nSPS) is 13.4. The smallest absolute Gasteiger partial charge is 0.213 e. The molecule has 0 spiro atoms. The second-order valence-corrected chi connectivity index (χ2v) is 9.00. The summed E-state index contributed by atoms with van der Waals surface area (Å²) in [5.74, 6) is -0.859. The monoisotopic (exact) mass is 338 g/mol. The standard InChI is InChI=1S/C12H19FN2O4S2/c1-9-5-6-10(13)11(7-9)21(18,19)14-8-12(2,3)15-20(4,16)17/h5-7,14-15H,8H2,1-4H3. The van der Waals surface area contributed by atoms with Crippen LogP contribution in [0.2, 0.25) is 0 Å². The van der Waals surface area contributed by atoms with Crippen LogP contribution in [0.1, 0.15) is 19.4 Å². The average Bonchev–Trinajstić information content (AvgIpc) is 2.27. The SMILES string of the molecule is Cc1ccc(F)c(S(=O)(=O)NCC(C)(C)NS(C)(=O)=O)c1. The second-order valence-electron chi connectivity index (χ2n) is 5.52. The molecule has 0 aromatic heterocycles. The first-order chi connectivity index (χ1) is 9.32. The summed E-state index contributed by atoms with van der Waals surface area (Å²) in [6.07, 6.45) is 0.976. The van der Waals surface area contributed by atoms with Gasteiger partial charge in [-0.2, -0.15) is 0 Å². The van der Waals surface area contributed by atoms with E-state index in [9.17, 15) is 21.2 Å². The van der Waals surface area contributed by atoms with Crippen molar-refractivity contribution in [3.8, 4) is 0 Å². The molecule has 0 saturated carbocycles. The molecule has 0 heterocycles. The van der Waals surface area contributed by atoms with E-state index in [2.05, 4.69) is 9.44 Å². The van der Waals surface area contributed by atoms with Crippen molar-refractivity contribution in [2.45, 2.75) is 31.2 Å². The van der Waals surface area contributed by atoms with E-state index < -0.39 is 36.3 Å². The molecule has 0 radical (unpaired) electrons. The lowest BCUT2D eigenvalue weighted by molar-refractivity contribution is 0.445. The molecule has 0 aliphatic carbocycles. The summed E-state index contributed by atoms with van der Waals surface area (Å²) >= 11 is 0. The minimum absolute atomic E-state index is 0.213. The zero-order valence-corrected chi connectivity index (χ0v) is 13.9. The number of hydrogen-bond donors (Lipinski definition) is 2. The summed E-state index contributed by atoms with van der Waals surface area (Å²) in [7, 11) is -7.55. The largest absolute Gasteiger partial charge is 0.243 e. The van der Waals surface area contributed by atoms with Crippen LogP contribution in [-0.4, -0.2) is 35.2 Å². The van der Waals surface area contributed by atoms with Crippen molar-refractivity contribution in [2.24, 2.45) is 0 Å². The molecule has 0 unspecified atom stereocenters. The average molecular weight is 338 g/mol. The van der Waals surface area contributed by atoms with Gasteiger partial charge in [0.15, 0.2) is 0 Å². The fourth-order valence-corrected chi connectivity index (χ4v) is 4.16. The zero-order valence-electron chi connectivity index (χ0n) is 12.3. The Morgan fingerprint density at radius 1 is 1.19 bits per heavy atom. The molecule has 0 aliphatic rings. The summed E-state index contributed by atoms with van der Waals surface area (Å²) in [5, 5.41) is 0. The summed E-state index contributed by atoms with van der Waals surface area (Å²) in [6, 6.07) is 3.75. The third kappa shape index (κ3) is 5.70. The Labute approximate surface area is 124 Å². The molecule has 1 aromatic carbocycles. The number of sulfonamides is 2. The molecule has 2 N–H and O–H groups in total. The van der Waals surface area contributed by atoms with Crippen LogP contribution >= 0.6 is 0 Å². The van der Waals surface area contributed by atoms with Gasteiger partial charge in [-0.25, -0.2) is 30.7 Å². The molecule has 0 bridgehead atoms. The highest BCUT2D eigenvalue weighted by Gasteiger charge is 2.26. The van der Waals surface area contributed by atoms with E-state index in [0.29, 0.717) is 5.56 Å². The molecular weight excluding hydrogens is 319 g/mol. The van der Waals surface area contributed by atoms with Gasteiger partial charge in [0.1, 0.15) is 10.7 Å². The van der Waals surface area contributed by atoms with Crippen LogP contribution in [0, 0.1) is 12.7 Å². The maximum atomic E-state index is 13.6. The Kier molecular flexibility index (Phi) is 5.14. The summed E-state index contributed by atoms with van der Waals surface area (Å²) in [5.41, 5.74) is -0.439. The van der Waals surface area contributed by atoms with Gasteiger partial charge in [0, 0.05) is 12.1 Å². The van der Waals surface area contributed by atoms with E-state index in [1.807, 2.05) is 0 Å². The molecule has 6 nitrogen and oxygen atoms in total. The zero-order chi connectivity index (χ0) is 16.5. The van der Waals surface area contributed by atoms with Gasteiger partial charge in [-0.3, -0.25) is 0 Å². The number of aryl methyl sites for hydroxylation is 1. The fourth-order valence-electron chi connectivity index (χ4n) is 1.71. The Morgan fingerprint density at radius 2 is 1.76 bits per heavy atom. The van der Waals surface area contributed by atoms with Crippen LogP contribution in [0.25, 0.3) is 0 Å². The first-order valence-corrected chi connectivity index (χ1v) is 9.45. The van der Waals surface area contributed by atoms with E-state index in [4.69, 9.17) is 0 Å². The van der Waals surface area contributed by atoms with E-state index in [1.165, 1.54) is 26.0 Å². The minimum atomic E-state index is -4.06. The number of hydrogen-bond acceptors (Lipinski definition) is 4. The molecule has 0 fully saturated rings. The highest BCUT2D eigenvalue weighted by atomic mass is 32.2. The van der Waals surface area contributed by atoms with E-state index in [0.717, 1.165) is 12.3 Å². The van der Waals surface area contributed by atoms with E-state index in [1.54, 1.807) is 6.92 Å². The second kappa shape index (κ2) is 5.99. The maximum Gasteiger partial charge on any atom is 0.243 e. The third-order valence-electron chi connectivity index (χ3n) is 2.54. The maximum absolute atomic E-state index is 13.6. The molecule has 120 valence electrons. The van der Waals surface area contributed by atoms with Crippen molar-refractivity contribution >= 4 is 20.0 Å². The first-order valence-electron chi connectivity index (χ1n) is 6.07. The Balaban J connectivity index is 2.94. The highest BCUT2D eigenvalue weighted by molar-refractivity contribution is 7.89. The van der Waals surface area contributed by atoms with Crippen molar-refractivity contribution in [1.29, 1.82) is 0 Å². The quantitative estimate of drug-likeness (QED) is 0.800. The summed E-state index contributed by atoms with van der Waals surface area (Å²) < 4.78 is 64.7. The van der Waals surface area contributed by atoms with Crippen LogP contribution in [0.3, 0.4) is 0 Å². The Morgan fingerprint density at radius 3 is 2.29 bits per heavy atom. The van der Waals surface area contributed by atoms with Crippen LogP contribution in [-0.2, 0) is 20.0 Å². The van der Waals surface area contributed by atoms with E-state index >= 15 is 0 Å². The van der Waals surface area contributed by atoms with Crippen molar-refractivity contribution < 1.29 is 21.2 Å². The molecule has 1 rings (SSSR count). The molecule has 21 heavy (non-hydrogen) atoms. The number of nitrogens with one attached hydrogen (secondary N) is 2. The fraction of sp³-hybridized carbons (Fsp3) is 0.500. The first kappa shape index (κ1) is 18.0. The Hall–Kier alpha value is -1.03. The van der Waals surface area contributed by atoms with Gasteiger partial charge in [-0.1, -0.05) is 6.07 Å². The van der Waals surface area contributed by atoms with Crippen LogP contribution < -0.4 is 9.44 Å². The highest BCUT2D eigenvalue weighted by Crippen LogP contribution is 2.16. The van der Waals surface area contributed by atoms with Gasteiger partial charge in [-0.15, -0.1) is 0 Å². The summed E-state index contributed by atoms with van der Waals surface area (Å²) in [4.78, 5) is -0.461. The molecule has 9 heteroatoms. The molecule has 1 aromatic rings. The van der Waals surface area contributed by atoms with Crippen molar-refractivity contribution in [3.05, 3.63) is 29.6 Å². The molecule has 0 aliphatic heterocycles. The molecule has 0 amide bonds. The number of rotatable bonds is 6. The molecule has 0 saturated heterocycles. The summed E-state index contributed by atoms with van der Waals surface area (Å²) in [6.45, 7) is 4.47. The van der Waals surface area contributed by atoms with Crippen molar-refractivity contribution in [2.75, 3.05) is 12.8 Å².